The van der Waals surface area contributed by atoms with Gasteiger partial charge in [-0.05, 0) is 60.8 Å². The minimum Gasteiger partial charge on any atom is -0.376 e. The van der Waals surface area contributed by atoms with Gasteiger partial charge in [-0.1, -0.05) is 11.6 Å². The number of rotatable bonds is 5. The summed E-state index contributed by atoms with van der Waals surface area (Å²) in [7, 11) is 2.12. The Morgan fingerprint density at radius 2 is 2.06 bits per heavy atom. The van der Waals surface area contributed by atoms with Crippen LogP contribution in [0.15, 0.2) is 29.1 Å². The molecule has 1 aromatic carbocycles. The minimum absolute atomic E-state index is 0.0908. The maximum atomic E-state index is 13.2. The van der Waals surface area contributed by atoms with Gasteiger partial charge in [-0.15, -0.1) is 5.10 Å². The summed E-state index contributed by atoms with van der Waals surface area (Å²) in [6.07, 6.45) is 2.19. The number of piperazine rings is 1. The largest absolute Gasteiger partial charge is 0.376 e. The van der Waals surface area contributed by atoms with Gasteiger partial charge >= 0.3 is 0 Å². The first-order chi connectivity index (χ1) is 15.1. The second-order valence-electron chi connectivity index (χ2n) is 8.74. The van der Waals surface area contributed by atoms with Crippen LogP contribution < -0.4 is 5.56 Å². The lowest BCUT2D eigenvalue weighted by molar-refractivity contribution is 0.0878. The Morgan fingerprint density at radius 1 is 1.23 bits per heavy atom. The van der Waals surface area contributed by atoms with Gasteiger partial charge < -0.3 is 14.6 Å². The zero-order valence-corrected chi connectivity index (χ0v) is 18.1. The number of nitrogens with zero attached hydrogens (tertiary/aromatic N) is 6. The van der Waals surface area contributed by atoms with Crippen LogP contribution in [-0.2, 0) is 11.3 Å². The molecule has 0 bridgehead atoms. The number of ether oxygens (including phenoxy) is 1. The zero-order chi connectivity index (χ0) is 21.4. The summed E-state index contributed by atoms with van der Waals surface area (Å²) in [4.78, 5) is 20.9. The van der Waals surface area contributed by atoms with Gasteiger partial charge in [0.2, 0.25) is 0 Å². The van der Waals surface area contributed by atoms with Gasteiger partial charge in [0.05, 0.1) is 12.6 Å². The zero-order valence-electron chi connectivity index (χ0n) is 18.1. The molecule has 2 aliphatic heterocycles. The van der Waals surface area contributed by atoms with Crippen molar-refractivity contribution in [3.05, 3.63) is 51.6 Å². The highest BCUT2D eigenvalue weighted by atomic mass is 16.5. The predicted molar refractivity (Wildman–Crippen MR) is 117 cm³/mol. The van der Waals surface area contributed by atoms with Crippen LogP contribution in [0.2, 0.25) is 0 Å². The van der Waals surface area contributed by atoms with Crippen LogP contribution in [0.25, 0.3) is 10.9 Å². The monoisotopic (exact) mass is 423 g/mol. The van der Waals surface area contributed by atoms with E-state index in [0.717, 1.165) is 62.1 Å². The van der Waals surface area contributed by atoms with E-state index in [1.165, 1.54) is 0 Å². The number of nitrogens with one attached hydrogen (secondary N) is 1. The number of fused-ring (bicyclic) bond motifs is 1. The van der Waals surface area contributed by atoms with Crippen LogP contribution in [0.3, 0.4) is 0 Å². The van der Waals surface area contributed by atoms with Crippen LogP contribution >= 0.6 is 0 Å². The van der Waals surface area contributed by atoms with E-state index in [0.29, 0.717) is 17.9 Å². The standard InChI is InChI=1S/C22H29N7O2/c1-15-5-6-19-16(12-15)13-18(22(30)23-19)20(28-9-7-27(2)8-10-28)21-24-25-26-29(21)14-17-4-3-11-31-17/h5-6,12-13,17,20H,3-4,7-11,14H2,1-2H3,(H,23,30)/t17-,20+/m0/s1. The molecule has 2 atom stereocenters. The second kappa shape index (κ2) is 8.49. The summed E-state index contributed by atoms with van der Waals surface area (Å²) in [6, 6.07) is 7.78. The summed E-state index contributed by atoms with van der Waals surface area (Å²) in [5.74, 6) is 0.706. The molecule has 0 unspecified atom stereocenters. The lowest BCUT2D eigenvalue weighted by Gasteiger charge is -2.37. The van der Waals surface area contributed by atoms with E-state index in [9.17, 15) is 4.79 Å². The van der Waals surface area contributed by atoms with Crippen molar-refractivity contribution in [1.29, 1.82) is 0 Å². The summed E-state index contributed by atoms with van der Waals surface area (Å²) in [6.45, 7) is 7.02. The highest BCUT2D eigenvalue weighted by Gasteiger charge is 2.33. The molecular weight excluding hydrogens is 394 g/mol. The summed E-state index contributed by atoms with van der Waals surface area (Å²) >= 11 is 0. The molecule has 0 saturated carbocycles. The lowest BCUT2D eigenvalue weighted by atomic mass is 10.0. The fraction of sp³-hybridized carbons (Fsp3) is 0.545. The number of benzene rings is 1. The molecule has 9 nitrogen and oxygen atoms in total. The Labute approximate surface area is 181 Å². The number of aromatic nitrogens is 5. The van der Waals surface area contributed by atoms with E-state index in [1.54, 1.807) is 0 Å². The van der Waals surface area contributed by atoms with E-state index >= 15 is 0 Å². The van der Waals surface area contributed by atoms with Gasteiger partial charge in [0.15, 0.2) is 5.82 Å². The molecule has 1 N–H and O–H groups in total. The molecule has 0 spiro atoms. The average Bonchev–Trinajstić information content (AvgIpc) is 3.43. The SMILES string of the molecule is Cc1ccc2[nH]c(=O)c([C@H](c3nnnn3C[C@@H]3CCCO3)N3CCN(C)CC3)cc2c1. The number of H-pyrrole nitrogens is 1. The highest BCUT2D eigenvalue weighted by Crippen LogP contribution is 2.28. The van der Waals surface area contributed by atoms with Crippen LogP contribution in [0.5, 0.6) is 0 Å². The van der Waals surface area contributed by atoms with E-state index in [1.807, 2.05) is 22.9 Å². The molecular formula is C22H29N7O2. The number of hydrogen-bond acceptors (Lipinski definition) is 7. The fourth-order valence-electron chi connectivity index (χ4n) is 4.64. The first-order valence-electron chi connectivity index (χ1n) is 11.0. The highest BCUT2D eigenvalue weighted by molar-refractivity contribution is 5.79. The van der Waals surface area contributed by atoms with Crippen LogP contribution in [0.4, 0.5) is 0 Å². The molecule has 4 heterocycles. The van der Waals surface area contributed by atoms with Crippen molar-refractivity contribution in [2.45, 2.75) is 38.5 Å². The Bertz CT molecular complexity index is 1110. The number of tetrazole rings is 1. The van der Waals surface area contributed by atoms with Crippen molar-refractivity contribution in [1.82, 2.24) is 35.0 Å². The minimum atomic E-state index is -0.307. The Kier molecular flexibility index (Phi) is 5.56. The molecule has 9 heteroatoms. The first kappa shape index (κ1) is 20.3. The van der Waals surface area contributed by atoms with Gasteiger partial charge in [0.25, 0.3) is 5.56 Å². The number of aromatic amines is 1. The topological polar surface area (TPSA) is 92.2 Å². The second-order valence-corrected chi connectivity index (χ2v) is 8.74. The number of hydrogen-bond donors (Lipinski definition) is 1. The fourth-order valence-corrected chi connectivity index (χ4v) is 4.64. The molecule has 2 saturated heterocycles. The van der Waals surface area contributed by atoms with Gasteiger partial charge in [-0.3, -0.25) is 9.69 Å². The molecule has 0 radical (unpaired) electrons. The normalized spacial score (nSPS) is 21.7. The van der Waals surface area contributed by atoms with Crippen molar-refractivity contribution in [2.75, 3.05) is 39.8 Å². The van der Waals surface area contributed by atoms with E-state index < -0.39 is 0 Å². The molecule has 2 aromatic heterocycles. The third-order valence-corrected chi connectivity index (χ3v) is 6.43. The summed E-state index contributed by atoms with van der Waals surface area (Å²) < 4.78 is 7.65. The Hall–Kier alpha value is -2.62. The molecule has 0 amide bonds. The molecule has 164 valence electrons. The van der Waals surface area contributed by atoms with Gasteiger partial charge in [-0.25, -0.2) is 4.68 Å². The summed E-state index contributed by atoms with van der Waals surface area (Å²) in [5.41, 5.74) is 2.60. The van der Waals surface area contributed by atoms with Crippen molar-refractivity contribution in [3.8, 4) is 0 Å². The Morgan fingerprint density at radius 3 is 2.84 bits per heavy atom. The third-order valence-electron chi connectivity index (χ3n) is 6.43. The number of aryl methyl sites for hydroxylation is 1. The van der Waals surface area contributed by atoms with Crippen molar-refractivity contribution in [2.24, 2.45) is 0 Å². The number of pyridine rings is 1. The van der Waals surface area contributed by atoms with E-state index in [-0.39, 0.29) is 17.7 Å². The quantitative estimate of drug-likeness (QED) is 0.662. The van der Waals surface area contributed by atoms with Crippen molar-refractivity contribution < 1.29 is 4.74 Å². The van der Waals surface area contributed by atoms with Gasteiger partial charge in [0.1, 0.15) is 6.04 Å². The first-order valence-corrected chi connectivity index (χ1v) is 11.0. The maximum absolute atomic E-state index is 13.2. The maximum Gasteiger partial charge on any atom is 0.253 e. The van der Waals surface area contributed by atoms with Gasteiger partial charge in [0, 0.05) is 43.9 Å². The van der Waals surface area contributed by atoms with Gasteiger partial charge in [-0.2, -0.15) is 0 Å². The summed E-state index contributed by atoms with van der Waals surface area (Å²) in [5, 5.41) is 13.7. The molecule has 2 fully saturated rings. The van der Waals surface area contributed by atoms with Crippen LogP contribution in [0.1, 0.15) is 35.8 Å². The van der Waals surface area contributed by atoms with Crippen molar-refractivity contribution in [3.63, 3.8) is 0 Å². The third kappa shape index (κ3) is 4.13. The molecule has 31 heavy (non-hydrogen) atoms. The predicted octanol–water partition coefficient (Wildman–Crippen LogP) is 1.34. The van der Waals surface area contributed by atoms with Crippen molar-refractivity contribution >= 4 is 10.9 Å². The molecule has 5 rings (SSSR count). The molecule has 2 aliphatic rings. The molecule has 0 aliphatic carbocycles. The number of likely N-dealkylation sites (N-methyl/N-ethyl adjacent to an activating group) is 1. The van der Waals surface area contributed by atoms with Crippen LogP contribution in [-0.4, -0.2) is 80.9 Å². The molecule has 3 aromatic rings. The van der Waals surface area contributed by atoms with Crippen LogP contribution in [0, 0.1) is 6.92 Å². The average molecular weight is 424 g/mol. The lowest BCUT2D eigenvalue weighted by Crippen LogP contribution is -2.47. The smallest absolute Gasteiger partial charge is 0.253 e. The van der Waals surface area contributed by atoms with E-state index in [4.69, 9.17) is 4.74 Å². The Balaban J connectivity index is 1.59. The van der Waals surface area contributed by atoms with E-state index in [2.05, 4.69) is 50.3 Å².